The summed E-state index contributed by atoms with van der Waals surface area (Å²) in [6.07, 6.45) is 5.54. The molecular formula is C17H21NO2. The minimum Gasteiger partial charge on any atom is -0.394 e. The fourth-order valence-corrected chi connectivity index (χ4v) is 3.69. The summed E-state index contributed by atoms with van der Waals surface area (Å²) < 4.78 is 0. The van der Waals surface area contributed by atoms with E-state index < -0.39 is 0 Å². The summed E-state index contributed by atoms with van der Waals surface area (Å²) in [5, 5.41) is 12.6. The Morgan fingerprint density at radius 2 is 2.00 bits per heavy atom. The molecule has 1 saturated carbocycles. The van der Waals surface area contributed by atoms with Crippen molar-refractivity contribution in [3.05, 3.63) is 48.0 Å². The van der Waals surface area contributed by atoms with Crippen LogP contribution in [0.1, 0.15) is 24.9 Å². The van der Waals surface area contributed by atoms with Gasteiger partial charge in [0.1, 0.15) is 0 Å². The van der Waals surface area contributed by atoms with Crippen LogP contribution in [0, 0.1) is 23.7 Å². The second-order valence-corrected chi connectivity index (χ2v) is 5.99. The number of amides is 1. The zero-order valence-corrected chi connectivity index (χ0v) is 11.7. The third kappa shape index (κ3) is 2.27. The summed E-state index contributed by atoms with van der Waals surface area (Å²) in [6, 6.07) is 9.35. The third-order valence-electron chi connectivity index (χ3n) is 4.86. The van der Waals surface area contributed by atoms with Crippen molar-refractivity contribution in [3.8, 4) is 0 Å². The van der Waals surface area contributed by atoms with Crippen molar-refractivity contribution >= 4 is 5.91 Å². The molecule has 2 aliphatic carbocycles. The number of aliphatic hydroxyl groups is 1. The highest BCUT2D eigenvalue weighted by Crippen LogP contribution is 2.47. The van der Waals surface area contributed by atoms with Crippen molar-refractivity contribution in [2.45, 2.75) is 19.4 Å². The molecule has 1 fully saturated rings. The summed E-state index contributed by atoms with van der Waals surface area (Å²) in [7, 11) is 0. The van der Waals surface area contributed by atoms with Crippen LogP contribution in [0.4, 0.5) is 0 Å². The molecule has 0 aliphatic heterocycles. The maximum absolute atomic E-state index is 12.5. The van der Waals surface area contributed by atoms with Crippen LogP contribution >= 0.6 is 0 Å². The fraction of sp³-hybridized carbons (Fsp3) is 0.471. The lowest BCUT2D eigenvalue weighted by Crippen LogP contribution is -2.39. The maximum atomic E-state index is 12.5. The smallest absolute Gasteiger partial charge is 0.224 e. The predicted molar refractivity (Wildman–Crippen MR) is 77.8 cm³/mol. The first kappa shape index (κ1) is 13.4. The summed E-state index contributed by atoms with van der Waals surface area (Å²) in [4.78, 5) is 12.5. The number of hydrogen-bond acceptors (Lipinski definition) is 2. The van der Waals surface area contributed by atoms with Gasteiger partial charge in [0.25, 0.3) is 0 Å². The first-order valence-corrected chi connectivity index (χ1v) is 7.35. The molecule has 20 heavy (non-hydrogen) atoms. The lowest BCUT2D eigenvalue weighted by Gasteiger charge is -2.26. The van der Waals surface area contributed by atoms with E-state index in [-0.39, 0.29) is 24.5 Å². The van der Waals surface area contributed by atoms with Crippen molar-refractivity contribution in [2.24, 2.45) is 23.7 Å². The van der Waals surface area contributed by atoms with Crippen LogP contribution in [0.15, 0.2) is 42.5 Å². The third-order valence-corrected chi connectivity index (χ3v) is 4.86. The molecule has 3 rings (SSSR count). The molecule has 0 aromatic heterocycles. The molecule has 2 aliphatic rings. The van der Waals surface area contributed by atoms with Crippen LogP contribution in [-0.2, 0) is 4.79 Å². The van der Waals surface area contributed by atoms with E-state index in [0.717, 1.165) is 12.0 Å². The Morgan fingerprint density at radius 3 is 2.60 bits per heavy atom. The van der Waals surface area contributed by atoms with Crippen LogP contribution in [0.3, 0.4) is 0 Å². The Hall–Kier alpha value is -1.61. The molecule has 106 valence electrons. The summed E-state index contributed by atoms with van der Waals surface area (Å²) in [6.45, 7) is 2.09. The zero-order chi connectivity index (χ0) is 14.1. The van der Waals surface area contributed by atoms with Gasteiger partial charge in [-0.15, -0.1) is 0 Å². The van der Waals surface area contributed by atoms with E-state index in [0.29, 0.717) is 17.8 Å². The van der Waals surface area contributed by atoms with Crippen molar-refractivity contribution in [1.82, 2.24) is 5.32 Å². The summed E-state index contributed by atoms with van der Waals surface area (Å²) >= 11 is 0. The number of aliphatic hydroxyl groups excluding tert-OH is 1. The number of nitrogens with one attached hydrogen (secondary N) is 1. The highest BCUT2D eigenvalue weighted by atomic mass is 16.3. The van der Waals surface area contributed by atoms with Gasteiger partial charge in [-0.05, 0) is 29.7 Å². The Morgan fingerprint density at radius 1 is 1.30 bits per heavy atom. The van der Waals surface area contributed by atoms with Gasteiger partial charge in [-0.1, -0.05) is 49.4 Å². The van der Waals surface area contributed by atoms with E-state index in [1.807, 2.05) is 30.3 Å². The van der Waals surface area contributed by atoms with Crippen LogP contribution < -0.4 is 5.32 Å². The molecule has 1 amide bonds. The van der Waals surface area contributed by atoms with Crippen molar-refractivity contribution < 1.29 is 9.90 Å². The standard InChI is InChI=1S/C17H21NO2/c1-11-13-7-8-14(9-13)16(11)17(20)18-15(10-19)12-5-3-2-4-6-12/h2-8,11,13-16,19H,9-10H2,1H3,(H,18,20)/t11-,13-,14+,15+,16+/m0/s1. The number of carbonyl (C=O) groups excluding carboxylic acids is 1. The van der Waals surface area contributed by atoms with Gasteiger partial charge in [0.15, 0.2) is 0 Å². The SMILES string of the molecule is C[C@@H]1[C@@H](C(=O)N[C@H](CO)c2ccccc2)[C@@H]2C=C[C@H]1C2. The van der Waals surface area contributed by atoms with Crippen LogP contribution in [0.25, 0.3) is 0 Å². The molecule has 2 bridgehead atoms. The van der Waals surface area contributed by atoms with Gasteiger partial charge in [0, 0.05) is 5.92 Å². The largest absolute Gasteiger partial charge is 0.394 e. The lowest BCUT2D eigenvalue weighted by molar-refractivity contribution is -0.128. The number of benzene rings is 1. The average Bonchev–Trinajstić information content (AvgIpc) is 3.06. The first-order valence-electron chi connectivity index (χ1n) is 7.35. The van der Waals surface area contributed by atoms with E-state index in [1.165, 1.54) is 0 Å². The average molecular weight is 271 g/mol. The van der Waals surface area contributed by atoms with E-state index >= 15 is 0 Å². The van der Waals surface area contributed by atoms with Gasteiger partial charge in [0.05, 0.1) is 12.6 Å². The normalized spacial score (nSPS) is 32.3. The van der Waals surface area contributed by atoms with Gasteiger partial charge >= 0.3 is 0 Å². The van der Waals surface area contributed by atoms with Crippen molar-refractivity contribution in [2.75, 3.05) is 6.61 Å². The lowest BCUT2D eigenvalue weighted by atomic mass is 9.83. The van der Waals surface area contributed by atoms with E-state index in [9.17, 15) is 9.90 Å². The first-order chi connectivity index (χ1) is 9.70. The van der Waals surface area contributed by atoms with E-state index in [1.54, 1.807) is 0 Å². The second kappa shape index (κ2) is 5.41. The highest BCUT2D eigenvalue weighted by Gasteiger charge is 2.45. The minimum atomic E-state index is -0.306. The number of fused-ring (bicyclic) bond motifs is 2. The topological polar surface area (TPSA) is 49.3 Å². The summed E-state index contributed by atoms with van der Waals surface area (Å²) in [5.74, 6) is 1.48. The van der Waals surface area contributed by atoms with Crippen molar-refractivity contribution in [1.29, 1.82) is 0 Å². The zero-order valence-electron chi connectivity index (χ0n) is 11.7. The maximum Gasteiger partial charge on any atom is 0.224 e. The molecule has 0 spiro atoms. The Labute approximate surface area is 119 Å². The quantitative estimate of drug-likeness (QED) is 0.826. The Balaban J connectivity index is 1.71. The van der Waals surface area contributed by atoms with E-state index in [2.05, 4.69) is 24.4 Å². The number of rotatable bonds is 4. The number of hydrogen-bond donors (Lipinski definition) is 2. The number of carbonyl (C=O) groups is 1. The van der Waals surface area contributed by atoms with Crippen LogP contribution in [0.2, 0.25) is 0 Å². The second-order valence-electron chi connectivity index (χ2n) is 5.99. The molecule has 1 aromatic carbocycles. The predicted octanol–water partition coefficient (Wildman–Crippen LogP) is 2.29. The molecular weight excluding hydrogens is 250 g/mol. The van der Waals surface area contributed by atoms with Gasteiger partial charge in [0.2, 0.25) is 5.91 Å². The Kier molecular flexibility index (Phi) is 3.62. The molecule has 0 radical (unpaired) electrons. The van der Waals surface area contributed by atoms with Crippen LogP contribution in [-0.4, -0.2) is 17.6 Å². The molecule has 2 N–H and O–H groups in total. The Bertz CT molecular complexity index is 511. The van der Waals surface area contributed by atoms with Gasteiger partial charge in [-0.3, -0.25) is 4.79 Å². The fourth-order valence-electron chi connectivity index (χ4n) is 3.69. The van der Waals surface area contributed by atoms with E-state index in [4.69, 9.17) is 0 Å². The van der Waals surface area contributed by atoms with Gasteiger partial charge in [-0.25, -0.2) is 0 Å². The molecule has 3 nitrogen and oxygen atoms in total. The molecule has 0 heterocycles. The van der Waals surface area contributed by atoms with Crippen molar-refractivity contribution in [3.63, 3.8) is 0 Å². The summed E-state index contributed by atoms with van der Waals surface area (Å²) in [5.41, 5.74) is 0.953. The highest BCUT2D eigenvalue weighted by molar-refractivity contribution is 5.80. The van der Waals surface area contributed by atoms with Crippen LogP contribution in [0.5, 0.6) is 0 Å². The molecule has 3 heteroatoms. The van der Waals surface area contributed by atoms with Gasteiger partial charge < -0.3 is 10.4 Å². The molecule has 1 aromatic rings. The molecule has 5 atom stereocenters. The number of allylic oxidation sites excluding steroid dienone is 2. The molecule has 0 saturated heterocycles. The van der Waals surface area contributed by atoms with Gasteiger partial charge in [-0.2, -0.15) is 0 Å². The monoisotopic (exact) mass is 271 g/mol. The minimum absolute atomic E-state index is 0.0581. The molecule has 0 unspecified atom stereocenters.